The van der Waals surface area contributed by atoms with Crippen molar-refractivity contribution in [1.82, 2.24) is 94.6 Å². The fourth-order valence-electron chi connectivity index (χ4n) is 21.7. The van der Waals surface area contributed by atoms with Crippen molar-refractivity contribution in [2.45, 2.75) is 255 Å². The van der Waals surface area contributed by atoms with Gasteiger partial charge in [-0.25, -0.2) is 44.1 Å². The van der Waals surface area contributed by atoms with Gasteiger partial charge in [-0.1, -0.05) is 112 Å². The molecule has 7 N–H and O–H groups in total. The lowest BCUT2D eigenvalue weighted by Crippen LogP contribution is -2.46. The van der Waals surface area contributed by atoms with Crippen LogP contribution in [0, 0.1) is 41.4 Å². The van der Waals surface area contributed by atoms with Crippen LogP contribution in [-0.2, 0) is 38.8 Å². The van der Waals surface area contributed by atoms with Gasteiger partial charge in [-0.15, -0.1) is 11.8 Å². The lowest BCUT2D eigenvalue weighted by atomic mass is 9.79. The summed E-state index contributed by atoms with van der Waals surface area (Å²) in [4.78, 5) is 150. The van der Waals surface area contributed by atoms with Crippen LogP contribution in [0.1, 0.15) is 247 Å². The number of aromatic amines is 6. The molecule has 0 saturated carbocycles. The number of fused-ring (bicyclic) bond motifs is 5. The van der Waals surface area contributed by atoms with Crippen LogP contribution in [0.25, 0.3) is 111 Å². The molecule has 12 unspecified atom stereocenters. The Morgan fingerprint density at radius 3 is 1.54 bits per heavy atom. The van der Waals surface area contributed by atoms with Gasteiger partial charge in [-0.2, -0.15) is 0 Å². The molecule has 0 aliphatic carbocycles. The van der Waals surface area contributed by atoms with E-state index in [9.17, 15) is 28.8 Å². The first-order valence-corrected chi connectivity index (χ1v) is 54.5. The Morgan fingerprint density at radius 2 is 0.979 bits per heavy atom. The van der Waals surface area contributed by atoms with Crippen LogP contribution in [0.4, 0.5) is 19.2 Å². The number of carbonyl (C=O) groups is 6. The summed E-state index contributed by atoms with van der Waals surface area (Å²) in [5.74, 6) is 11.1. The van der Waals surface area contributed by atoms with Gasteiger partial charge < -0.3 is 59.1 Å². The molecule has 0 radical (unpaired) electrons. The molecular weight excluding hydrogens is 1890 g/mol. The van der Waals surface area contributed by atoms with E-state index in [1.165, 1.54) is 0 Å². The number of likely N-dealkylation sites (tertiary alicyclic amines) is 5. The van der Waals surface area contributed by atoms with Crippen molar-refractivity contribution in [2.75, 3.05) is 45.0 Å². The fraction of sp³-hybridized carbons (Fsp3) is 0.447. The quantitative estimate of drug-likeness (QED) is 0.0103. The van der Waals surface area contributed by atoms with Gasteiger partial charge in [0, 0.05) is 135 Å². The van der Waals surface area contributed by atoms with Gasteiger partial charge in [0.05, 0.1) is 85.2 Å². The van der Waals surface area contributed by atoms with Gasteiger partial charge in [0.1, 0.15) is 68.1 Å². The van der Waals surface area contributed by atoms with Crippen LogP contribution in [0.5, 0.6) is 0 Å². The summed E-state index contributed by atoms with van der Waals surface area (Å²) in [7, 11) is 0.576. The first-order chi connectivity index (χ1) is 69.5. The molecule has 6 saturated heterocycles. The number of rotatable bonds is 23. The highest BCUT2D eigenvalue weighted by atomic mass is 32.2. The minimum Gasteiger partial charge on any atom is -0.444 e. The second-order valence-corrected chi connectivity index (χ2v) is 50.5. The first kappa shape index (κ1) is 100. The second kappa shape index (κ2) is 39.2. The highest BCUT2D eigenvalue weighted by Crippen LogP contribution is 2.57. The zero-order valence-corrected chi connectivity index (χ0v) is 90.4. The Morgan fingerprint density at radius 1 is 0.507 bits per heavy atom. The SMILES string of the molecule is CC(CC1CC(c2nc(-c3ccc(C#Cc4ccc5[nH]c(SC6CCCN6C(=O)OC(C)(C)C)cc5c4)cc3)c[nH]2)N(C(=O)OC(C)(C)C)C1)C(C)C(=O)N1CCCC1c1nc(-c2ccc3cc(-c4cc5[nH]c(C6(CCCNC(=O)C(C)([SiH3])C(C)C7CN(C(=O)OC(C)(C)C)C(C)(c8nc9cnc(-c%10ccc%11cc(-c%12c[nH]c(C%13CCCN%13C(=O)OC(C)(C)C)n%12)ccc%11c%10)cc9[nH]8)C7)CS6)nc5cn4)ccc3c2)c[nH]1. The number of nitrogens with one attached hydrogen (secondary N) is 7. The molecule has 0 bridgehead atoms. The summed E-state index contributed by atoms with van der Waals surface area (Å²) in [6.45, 7) is 36.4. The third-order valence-electron chi connectivity index (χ3n) is 30.1. The molecule has 12 atom stereocenters. The molecule has 8 aromatic heterocycles. The zero-order chi connectivity index (χ0) is 103. The first-order valence-electron chi connectivity index (χ1n) is 51.6. The van der Waals surface area contributed by atoms with Crippen LogP contribution < -0.4 is 5.32 Å². The maximum absolute atomic E-state index is 14.8. The Labute approximate surface area is 863 Å². The number of benzene rings is 6. The smallest absolute Gasteiger partial charge is 0.411 e. The van der Waals surface area contributed by atoms with E-state index in [1.54, 1.807) is 22.9 Å². The van der Waals surface area contributed by atoms with Gasteiger partial charge in [0.2, 0.25) is 11.8 Å². The number of nitrogens with zero attached hydrogens (tertiary/aromatic N) is 12. The standard InChI is InChI=1S/C114H133N19O10S2Si/c1-65(46-70-48-94(132(62-70)106(138)142-110(10,11)12)99-120-57-87(122-99)71-30-27-68(28-31-71)25-26-69-29-40-82-80(47-69)53-95(121-82)145-96-24-20-45-131(96)105(137)141-109(7,8)9)66(2)100(134)129-43-18-22-92(129)97-118-58-88(123-97)78-38-34-73-50-77(37-33-74(73)51-78)84-55-86-91(61-117-84)128-102(126-86)114(64-144-114)41-21-42-115-103(135)113(17,146)67(3)81-56-112(16,133(63-81)107(139)143-111(13,14)15)101-125-85-54-83(116-60-90(85)127-101)76-36-32-75-52-79(39-35-72(75)49-76)89-59-119-98(124-89)93-23-19-44-130(93)104(136)140-108(4,5)6/h27-40,47,49-55,57-61,65-67,70,81,92-94,96,121H,18-24,41-46,48,56,62-64H2,1-17,146H3,(H,115,135)(H,118,123)(H,119,124)(H,120,122)(H,125,127)(H,126,128). The predicted octanol–water partition coefficient (Wildman–Crippen LogP) is 23.0. The highest BCUT2D eigenvalue weighted by molar-refractivity contribution is 8.07. The number of pyridine rings is 2. The fourth-order valence-corrected chi connectivity index (χ4v) is 24.6. The number of amides is 6. The van der Waals surface area contributed by atoms with Crippen molar-refractivity contribution in [2.24, 2.45) is 29.6 Å². The number of imidazole rings is 5. The van der Waals surface area contributed by atoms with Crippen LogP contribution in [-0.4, -0.2) is 209 Å². The second-order valence-electron chi connectivity index (χ2n) is 45.8. The number of carbonyl (C=O) groups excluding carboxylic acids is 6. The monoisotopic (exact) mass is 2020 g/mol. The molecule has 6 aromatic carbocycles. The molecule has 32 heteroatoms. The third kappa shape index (κ3) is 21.3. The molecule has 146 heavy (non-hydrogen) atoms. The van der Waals surface area contributed by atoms with Crippen LogP contribution in [0.2, 0.25) is 5.04 Å². The van der Waals surface area contributed by atoms with Crippen molar-refractivity contribution in [3.05, 3.63) is 205 Å². The van der Waals surface area contributed by atoms with Crippen molar-refractivity contribution in [1.29, 1.82) is 0 Å². The van der Waals surface area contributed by atoms with Crippen molar-refractivity contribution in [3.63, 3.8) is 0 Å². The minimum atomic E-state index is -0.904. The Hall–Kier alpha value is -13.3. The van der Waals surface area contributed by atoms with Crippen LogP contribution in [0.3, 0.4) is 0 Å². The highest BCUT2D eigenvalue weighted by Gasteiger charge is 2.55. The molecule has 6 amide bonds. The molecule has 6 aliphatic rings. The minimum absolute atomic E-state index is 0.00345. The van der Waals surface area contributed by atoms with E-state index in [4.69, 9.17) is 53.8 Å². The molecule has 20 rings (SSSR count). The lowest BCUT2D eigenvalue weighted by molar-refractivity contribution is -0.138. The average Bonchev–Trinajstić information content (AvgIpc) is 1.55. The van der Waals surface area contributed by atoms with Crippen LogP contribution >= 0.6 is 23.5 Å². The molecule has 14 aromatic rings. The predicted molar refractivity (Wildman–Crippen MR) is 577 cm³/mol. The average molecular weight is 2020 g/mol. The van der Waals surface area contributed by atoms with E-state index in [0.717, 1.165) is 202 Å². The Kier molecular flexibility index (Phi) is 26.9. The van der Waals surface area contributed by atoms with Crippen molar-refractivity contribution < 1.29 is 47.7 Å². The van der Waals surface area contributed by atoms with E-state index in [-0.39, 0.29) is 81.8 Å². The van der Waals surface area contributed by atoms with Crippen molar-refractivity contribution >= 4 is 124 Å². The summed E-state index contributed by atoms with van der Waals surface area (Å²) in [5, 5.41) is 8.93. The molecular formula is C114H133N19O10S2Si. The molecule has 29 nitrogen and oxygen atoms in total. The summed E-state index contributed by atoms with van der Waals surface area (Å²) in [6.07, 6.45) is 16.7. The van der Waals surface area contributed by atoms with Gasteiger partial charge in [0.15, 0.2) is 0 Å². The molecule has 6 fully saturated rings. The third-order valence-corrected chi connectivity index (χ3v) is 34.1. The van der Waals surface area contributed by atoms with E-state index < -0.39 is 45.2 Å². The number of hydrogen-bond donors (Lipinski definition) is 7. The zero-order valence-electron chi connectivity index (χ0n) is 86.8. The molecule has 6 aliphatic heterocycles. The summed E-state index contributed by atoms with van der Waals surface area (Å²) in [5.41, 5.74) is 11.1. The van der Waals surface area contributed by atoms with Gasteiger partial charge in [-0.3, -0.25) is 39.2 Å². The maximum atomic E-state index is 14.8. The van der Waals surface area contributed by atoms with E-state index >= 15 is 0 Å². The van der Waals surface area contributed by atoms with E-state index in [2.05, 4.69) is 166 Å². The Balaban J connectivity index is 0.430. The number of hydrogen-bond acceptors (Lipinski definition) is 19. The normalized spacial score (nSPS) is 21.4. The number of aromatic nitrogens is 13. The van der Waals surface area contributed by atoms with Crippen molar-refractivity contribution in [3.8, 4) is 68.1 Å². The maximum Gasteiger partial charge on any atom is 0.411 e. The lowest BCUT2D eigenvalue weighted by Gasteiger charge is -2.34. The van der Waals surface area contributed by atoms with Crippen LogP contribution in [0.15, 0.2) is 169 Å². The van der Waals surface area contributed by atoms with E-state index in [0.29, 0.717) is 79.5 Å². The Bertz CT molecular complexity index is 7420. The topological polar surface area (TPSA) is 353 Å². The van der Waals surface area contributed by atoms with Gasteiger partial charge >= 0.3 is 24.4 Å². The van der Waals surface area contributed by atoms with Gasteiger partial charge in [-0.05, 0) is 279 Å². The van der Waals surface area contributed by atoms with E-state index in [1.807, 2.05) is 189 Å². The number of ether oxygens (including phenoxy) is 4. The van der Waals surface area contributed by atoms with Gasteiger partial charge in [0.25, 0.3) is 0 Å². The molecule has 14 heterocycles. The summed E-state index contributed by atoms with van der Waals surface area (Å²) < 4.78 is 23.4. The summed E-state index contributed by atoms with van der Waals surface area (Å²) >= 11 is 3.53. The number of thioether (sulfide) groups is 2. The largest absolute Gasteiger partial charge is 0.444 e. The molecule has 760 valence electrons. The number of H-pyrrole nitrogens is 6. The summed E-state index contributed by atoms with van der Waals surface area (Å²) in [6, 6.07) is 45.1. The molecule has 0 spiro atoms.